The molecule has 0 aromatic carbocycles. The largest absolute Gasteiger partial charge is 0.313 e. The van der Waals surface area contributed by atoms with Crippen molar-refractivity contribution in [3.05, 3.63) is 0 Å². The number of hydrogen-bond acceptors (Lipinski definition) is 2. The monoisotopic (exact) mass is 157 g/mol. The van der Waals surface area contributed by atoms with Crippen LogP contribution in [0, 0.1) is 0 Å². The first-order valence-electron chi connectivity index (χ1n) is 4.32. The van der Waals surface area contributed by atoms with Crippen molar-refractivity contribution in [3.8, 4) is 0 Å². The Morgan fingerprint density at radius 1 is 1.20 bits per heavy atom. The third-order valence-corrected chi connectivity index (χ3v) is 4.03. The Bertz CT molecular complexity index is 89.8. The molecule has 2 heteroatoms. The number of hydrogen-bond donors (Lipinski definition) is 1. The molecule has 2 rings (SSSR count). The standard InChI is InChI=1S/C8H15NS/c1-4-8-7(9-5-1)3-2-6-10-8/h7-9H,1-6H2. The molecule has 2 heterocycles. The summed E-state index contributed by atoms with van der Waals surface area (Å²) in [4.78, 5) is 0. The van der Waals surface area contributed by atoms with Crippen molar-refractivity contribution in [1.82, 2.24) is 5.32 Å². The van der Waals surface area contributed by atoms with E-state index in [1.54, 1.807) is 0 Å². The number of piperidine rings is 1. The summed E-state index contributed by atoms with van der Waals surface area (Å²) < 4.78 is 0. The van der Waals surface area contributed by atoms with E-state index < -0.39 is 0 Å². The van der Waals surface area contributed by atoms with Gasteiger partial charge in [0.05, 0.1) is 0 Å². The van der Waals surface area contributed by atoms with Gasteiger partial charge in [-0.2, -0.15) is 11.8 Å². The lowest BCUT2D eigenvalue weighted by molar-refractivity contribution is 0.383. The average Bonchev–Trinajstić information content (AvgIpc) is 2.05. The highest BCUT2D eigenvalue weighted by molar-refractivity contribution is 8.00. The second-order valence-electron chi connectivity index (χ2n) is 3.25. The van der Waals surface area contributed by atoms with Crippen LogP contribution in [0.5, 0.6) is 0 Å². The smallest absolute Gasteiger partial charge is 0.0201 e. The Balaban J connectivity index is 1.93. The van der Waals surface area contributed by atoms with Crippen molar-refractivity contribution in [3.63, 3.8) is 0 Å². The third kappa shape index (κ3) is 1.32. The van der Waals surface area contributed by atoms with Gasteiger partial charge < -0.3 is 5.32 Å². The first-order valence-corrected chi connectivity index (χ1v) is 5.37. The van der Waals surface area contributed by atoms with Crippen molar-refractivity contribution in [1.29, 1.82) is 0 Å². The lowest BCUT2D eigenvalue weighted by atomic mass is 10.00. The van der Waals surface area contributed by atoms with Gasteiger partial charge in [0.1, 0.15) is 0 Å². The number of rotatable bonds is 0. The molecule has 0 saturated carbocycles. The minimum atomic E-state index is 0.868. The zero-order valence-corrected chi connectivity index (χ0v) is 7.12. The summed E-state index contributed by atoms with van der Waals surface area (Å²) >= 11 is 2.18. The molecule has 1 nitrogen and oxygen atoms in total. The zero-order valence-electron chi connectivity index (χ0n) is 6.31. The van der Waals surface area contributed by atoms with Crippen LogP contribution in [-0.2, 0) is 0 Å². The Morgan fingerprint density at radius 3 is 3.10 bits per heavy atom. The first-order chi connectivity index (χ1) is 4.97. The van der Waals surface area contributed by atoms with Crippen molar-refractivity contribution in [2.45, 2.75) is 37.0 Å². The highest BCUT2D eigenvalue weighted by Crippen LogP contribution is 2.30. The summed E-state index contributed by atoms with van der Waals surface area (Å²) in [6.45, 7) is 1.27. The second-order valence-corrected chi connectivity index (χ2v) is 4.60. The van der Waals surface area contributed by atoms with Gasteiger partial charge in [0.25, 0.3) is 0 Å². The molecule has 2 unspecified atom stereocenters. The Kier molecular flexibility index (Phi) is 2.19. The molecule has 10 heavy (non-hydrogen) atoms. The van der Waals surface area contributed by atoms with Gasteiger partial charge in [-0.1, -0.05) is 0 Å². The van der Waals surface area contributed by atoms with E-state index in [9.17, 15) is 0 Å². The van der Waals surface area contributed by atoms with Gasteiger partial charge in [-0.3, -0.25) is 0 Å². The molecular weight excluding hydrogens is 142 g/mol. The highest BCUT2D eigenvalue weighted by atomic mass is 32.2. The van der Waals surface area contributed by atoms with Crippen LogP contribution in [0.25, 0.3) is 0 Å². The number of fused-ring (bicyclic) bond motifs is 1. The van der Waals surface area contributed by atoms with Crippen molar-refractivity contribution in [2.75, 3.05) is 12.3 Å². The number of thioether (sulfide) groups is 1. The van der Waals surface area contributed by atoms with Crippen LogP contribution in [-0.4, -0.2) is 23.6 Å². The molecule has 2 aliphatic rings. The molecule has 2 saturated heterocycles. The number of nitrogens with one attached hydrogen (secondary N) is 1. The van der Waals surface area contributed by atoms with Gasteiger partial charge in [-0.05, 0) is 38.0 Å². The van der Waals surface area contributed by atoms with Crippen LogP contribution in [0.3, 0.4) is 0 Å². The summed E-state index contributed by atoms with van der Waals surface area (Å²) in [5, 5.41) is 4.56. The molecule has 0 aromatic rings. The predicted molar refractivity (Wildman–Crippen MR) is 46.5 cm³/mol. The zero-order chi connectivity index (χ0) is 6.81. The molecule has 58 valence electrons. The first kappa shape index (κ1) is 6.99. The molecule has 2 aliphatic heterocycles. The predicted octanol–water partition coefficient (Wildman–Crippen LogP) is 1.63. The highest BCUT2D eigenvalue weighted by Gasteiger charge is 2.27. The summed E-state index contributed by atoms with van der Waals surface area (Å²) in [6.07, 6.45) is 5.72. The van der Waals surface area contributed by atoms with Crippen molar-refractivity contribution < 1.29 is 0 Å². The molecule has 0 spiro atoms. The minimum absolute atomic E-state index is 0.868. The fourth-order valence-electron chi connectivity index (χ4n) is 1.95. The van der Waals surface area contributed by atoms with E-state index in [0.29, 0.717) is 0 Å². The second kappa shape index (κ2) is 3.14. The minimum Gasteiger partial charge on any atom is -0.313 e. The molecule has 0 bridgehead atoms. The van der Waals surface area contributed by atoms with Crippen molar-refractivity contribution >= 4 is 11.8 Å². The summed E-state index contributed by atoms with van der Waals surface area (Å²) in [6, 6.07) is 0.868. The molecule has 1 N–H and O–H groups in total. The normalized spacial score (nSPS) is 40.8. The third-order valence-electron chi connectivity index (χ3n) is 2.51. The van der Waals surface area contributed by atoms with E-state index in [0.717, 1.165) is 11.3 Å². The average molecular weight is 157 g/mol. The van der Waals surface area contributed by atoms with E-state index in [1.165, 1.54) is 38.0 Å². The van der Waals surface area contributed by atoms with Crippen LogP contribution in [0.1, 0.15) is 25.7 Å². The van der Waals surface area contributed by atoms with Gasteiger partial charge in [0.15, 0.2) is 0 Å². The van der Waals surface area contributed by atoms with Crippen LogP contribution < -0.4 is 5.32 Å². The summed E-state index contributed by atoms with van der Waals surface area (Å²) in [7, 11) is 0. The quantitative estimate of drug-likeness (QED) is 0.573. The van der Waals surface area contributed by atoms with Gasteiger partial charge in [-0.15, -0.1) is 0 Å². The van der Waals surface area contributed by atoms with Crippen LogP contribution in [0.15, 0.2) is 0 Å². The molecule has 2 fully saturated rings. The van der Waals surface area contributed by atoms with Crippen LogP contribution >= 0.6 is 11.8 Å². The van der Waals surface area contributed by atoms with Crippen LogP contribution in [0.2, 0.25) is 0 Å². The maximum atomic E-state index is 3.60. The van der Waals surface area contributed by atoms with Crippen LogP contribution in [0.4, 0.5) is 0 Å². The van der Waals surface area contributed by atoms with E-state index in [-0.39, 0.29) is 0 Å². The van der Waals surface area contributed by atoms with E-state index in [2.05, 4.69) is 17.1 Å². The van der Waals surface area contributed by atoms with E-state index in [4.69, 9.17) is 0 Å². The van der Waals surface area contributed by atoms with E-state index in [1.807, 2.05) is 0 Å². The Labute approximate surface area is 67.0 Å². The van der Waals surface area contributed by atoms with Gasteiger partial charge in [-0.25, -0.2) is 0 Å². The van der Waals surface area contributed by atoms with E-state index >= 15 is 0 Å². The molecule has 0 aliphatic carbocycles. The molecule has 0 amide bonds. The van der Waals surface area contributed by atoms with Crippen molar-refractivity contribution in [2.24, 2.45) is 0 Å². The fraction of sp³-hybridized carbons (Fsp3) is 1.00. The molecule has 2 atom stereocenters. The lowest BCUT2D eigenvalue weighted by Crippen LogP contribution is -2.45. The summed E-state index contributed by atoms with van der Waals surface area (Å²) in [5.74, 6) is 1.41. The van der Waals surface area contributed by atoms with Gasteiger partial charge in [0.2, 0.25) is 0 Å². The molecular formula is C8H15NS. The Hall–Kier alpha value is 0.310. The fourth-order valence-corrected chi connectivity index (χ4v) is 3.38. The maximum absolute atomic E-state index is 3.60. The molecule has 0 aromatic heterocycles. The summed E-state index contributed by atoms with van der Waals surface area (Å²) in [5.41, 5.74) is 0. The van der Waals surface area contributed by atoms with Gasteiger partial charge in [0, 0.05) is 11.3 Å². The van der Waals surface area contributed by atoms with Gasteiger partial charge >= 0.3 is 0 Å². The topological polar surface area (TPSA) is 12.0 Å². The Morgan fingerprint density at radius 2 is 2.20 bits per heavy atom. The SMILES string of the molecule is C1CSC2CCCNC2C1. The maximum Gasteiger partial charge on any atom is 0.0201 e. The lowest BCUT2D eigenvalue weighted by Gasteiger charge is -2.35. The molecule has 0 radical (unpaired) electrons.